The van der Waals surface area contributed by atoms with Gasteiger partial charge in [-0.25, -0.2) is 0 Å². The monoisotopic (exact) mass is 240 g/mol. The summed E-state index contributed by atoms with van der Waals surface area (Å²) in [6.45, 7) is 14.1. The third kappa shape index (κ3) is 4.97. The minimum Gasteiger partial charge on any atom is -0.313 e. The molecule has 2 atom stereocenters. The predicted molar refractivity (Wildman–Crippen MR) is 76.4 cm³/mol. The Labute approximate surface area is 108 Å². The molecule has 2 unspecified atom stereocenters. The Morgan fingerprint density at radius 3 is 2.41 bits per heavy atom. The van der Waals surface area contributed by atoms with Crippen molar-refractivity contribution in [1.82, 2.24) is 10.2 Å². The number of rotatable bonds is 5. The second kappa shape index (κ2) is 7.38. The molecule has 0 aromatic heterocycles. The second-order valence-electron chi connectivity index (χ2n) is 6.31. The lowest BCUT2D eigenvalue weighted by molar-refractivity contribution is 0.109. The van der Waals surface area contributed by atoms with Crippen LogP contribution in [0.4, 0.5) is 0 Å². The Morgan fingerprint density at radius 1 is 1.12 bits per heavy atom. The van der Waals surface area contributed by atoms with Crippen molar-refractivity contribution in [3.8, 4) is 0 Å². The van der Waals surface area contributed by atoms with Gasteiger partial charge in [-0.3, -0.25) is 4.90 Å². The average molecular weight is 240 g/mol. The maximum Gasteiger partial charge on any atom is 0.0246 e. The molecule has 1 saturated heterocycles. The number of hydrogen-bond acceptors (Lipinski definition) is 2. The van der Waals surface area contributed by atoms with Gasteiger partial charge in [-0.1, -0.05) is 40.5 Å². The molecule has 0 aromatic carbocycles. The molecule has 1 aliphatic heterocycles. The molecule has 2 nitrogen and oxygen atoms in total. The zero-order chi connectivity index (χ0) is 12.8. The molecule has 102 valence electrons. The normalized spacial score (nSPS) is 25.2. The van der Waals surface area contributed by atoms with Crippen molar-refractivity contribution < 1.29 is 0 Å². The third-order valence-electron chi connectivity index (χ3n) is 4.04. The van der Waals surface area contributed by atoms with E-state index < -0.39 is 0 Å². The van der Waals surface area contributed by atoms with Crippen molar-refractivity contribution in [2.45, 2.75) is 78.4 Å². The summed E-state index contributed by atoms with van der Waals surface area (Å²) in [7, 11) is 0. The Bertz CT molecular complexity index is 201. The van der Waals surface area contributed by atoms with Crippen LogP contribution < -0.4 is 5.32 Å². The van der Waals surface area contributed by atoms with Crippen molar-refractivity contribution in [1.29, 1.82) is 0 Å². The fraction of sp³-hybridized carbons (Fsp3) is 1.00. The minimum absolute atomic E-state index is 0.596. The van der Waals surface area contributed by atoms with E-state index in [1.165, 1.54) is 32.2 Å². The fourth-order valence-electron chi connectivity index (χ4n) is 2.88. The van der Waals surface area contributed by atoms with Crippen LogP contribution in [0.25, 0.3) is 0 Å². The summed E-state index contributed by atoms with van der Waals surface area (Å²) in [5.41, 5.74) is 0. The van der Waals surface area contributed by atoms with E-state index in [1.54, 1.807) is 0 Å². The highest BCUT2D eigenvalue weighted by molar-refractivity contribution is 4.83. The van der Waals surface area contributed by atoms with Gasteiger partial charge in [0.15, 0.2) is 0 Å². The molecular weight excluding hydrogens is 208 g/mol. The molecule has 2 heteroatoms. The fourth-order valence-corrected chi connectivity index (χ4v) is 2.88. The molecule has 1 N–H and O–H groups in total. The van der Waals surface area contributed by atoms with Gasteiger partial charge in [-0.15, -0.1) is 0 Å². The van der Waals surface area contributed by atoms with Gasteiger partial charge in [0.2, 0.25) is 0 Å². The summed E-state index contributed by atoms with van der Waals surface area (Å²) in [5, 5.41) is 3.62. The molecule has 0 radical (unpaired) electrons. The molecule has 0 aliphatic carbocycles. The highest BCUT2D eigenvalue weighted by atomic mass is 15.2. The van der Waals surface area contributed by atoms with Gasteiger partial charge in [-0.2, -0.15) is 0 Å². The Morgan fingerprint density at radius 2 is 1.82 bits per heavy atom. The van der Waals surface area contributed by atoms with Crippen LogP contribution in [0.15, 0.2) is 0 Å². The SMILES string of the molecule is CC(C)NCC(C(C)C)N1CCCCCC1C. The first-order valence-electron chi connectivity index (χ1n) is 7.51. The first-order valence-corrected chi connectivity index (χ1v) is 7.51. The lowest BCUT2D eigenvalue weighted by atomic mass is 9.99. The van der Waals surface area contributed by atoms with E-state index in [1.807, 2.05) is 0 Å². The highest BCUT2D eigenvalue weighted by Crippen LogP contribution is 2.22. The Hall–Kier alpha value is -0.0800. The summed E-state index contributed by atoms with van der Waals surface area (Å²) in [5.74, 6) is 0.738. The Balaban J connectivity index is 2.60. The standard InChI is InChI=1S/C15H32N2/c1-12(2)15(11-16-13(3)4)17-10-8-6-7-9-14(17)5/h12-16H,6-11H2,1-5H3. The van der Waals surface area contributed by atoms with Crippen molar-refractivity contribution in [3.63, 3.8) is 0 Å². The van der Waals surface area contributed by atoms with Crippen LogP contribution in [0.1, 0.15) is 60.3 Å². The van der Waals surface area contributed by atoms with Gasteiger partial charge in [0, 0.05) is 24.7 Å². The molecule has 0 saturated carbocycles. The van der Waals surface area contributed by atoms with Gasteiger partial charge in [0.05, 0.1) is 0 Å². The van der Waals surface area contributed by atoms with E-state index in [0.29, 0.717) is 12.1 Å². The van der Waals surface area contributed by atoms with E-state index in [0.717, 1.165) is 18.5 Å². The summed E-state index contributed by atoms with van der Waals surface area (Å²) in [6, 6.07) is 2.06. The van der Waals surface area contributed by atoms with Crippen LogP contribution >= 0.6 is 0 Å². The molecule has 1 rings (SSSR count). The van der Waals surface area contributed by atoms with Crippen molar-refractivity contribution >= 4 is 0 Å². The van der Waals surface area contributed by atoms with Crippen LogP contribution in [-0.2, 0) is 0 Å². The zero-order valence-electron chi connectivity index (χ0n) is 12.5. The topological polar surface area (TPSA) is 15.3 Å². The maximum atomic E-state index is 3.62. The molecule has 0 aromatic rings. The quantitative estimate of drug-likeness (QED) is 0.793. The number of nitrogens with zero attached hydrogens (tertiary/aromatic N) is 1. The minimum atomic E-state index is 0.596. The van der Waals surface area contributed by atoms with Crippen LogP contribution in [-0.4, -0.2) is 36.1 Å². The van der Waals surface area contributed by atoms with E-state index in [-0.39, 0.29) is 0 Å². The molecule has 0 amide bonds. The number of likely N-dealkylation sites (tertiary alicyclic amines) is 1. The summed E-state index contributed by atoms with van der Waals surface area (Å²) in [6.07, 6.45) is 5.60. The molecule has 1 fully saturated rings. The van der Waals surface area contributed by atoms with Gasteiger partial charge < -0.3 is 5.32 Å². The molecule has 0 bridgehead atoms. The second-order valence-corrected chi connectivity index (χ2v) is 6.31. The third-order valence-corrected chi connectivity index (χ3v) is 4.04. The Kier molecular flexibility index (Phi) is 6.50. The zero-order valence-corrected chi connectivity index (χ0v) is 12.5. The van der Waals surface area contributed by atoms with Gasteiger partial charge in [-0.05, 0) is 32.2 Å². The lowest BCUT2D eigenvalue weighted by Crippen LogP contribution is -2.50. The first kappa shape index (κ1) is 15.0. The van der Waals surface area contributed by atoms with Gasteiger partial charge >= 0.3 is 0 Å². The molecule has 17 heavy (non-hydrogen) atoms. The smallest absolute Gasteiger partial charge is 0.0246 e. The lowest BCUT2D eigenvalue weighted by Gasteiger charge is -2.38. The van der Waals surface area contributed by atoms with Crippen LogP contribution in [0.3, 0.4) is 0 Å². The summed E-state index contributed by atoms with van der Waals surface area (Å²) in [4.78, 5) is 2.76. The predicted octanol–water partition coefficient (Wildman–Crippen LogP) is 3.27. The van der Waals surface area contributed by atoms with Crippen molar-refractivity contribution in [3.05, 3.63) is 0 Å². The summed E-state index contributed by atoms with van der Waals surface area (Å²) < 4.78 is 0. The van der Waals surface area contributed by atoms with Crippen molar-refractivity contribution in [2.75, 3.05) is 13.1 Å². The van der Waals surface area contributed by atoms with Crippen LogP contribution in [0.5, 0.6) is 0 Å². The molecular formula is C15H32N2. The van der Waals surface area contributed by atoms with E-state index in [9.17, 15) is 0 Å². The van der Waals surface area contributed by atoms with E-state index >= 15 is 0 Å². The summed E-state index contributed by atoms with van der Waals surface area (Å²) >= 11 is 0. The molecule has 0 spiro atoms. The maximum absolute atomic E-state index is 3.62. The molecule has 1 aliphatic rings. The van der Waals surface area contributed by atoms with Gasteiger partial charge in [0.1, 0.15) is 0 Å². The first-order chi connectivity index (χ1) is 8.02. The molecule has 1 heterocycles. The average Bonchev–Trinajstić information content (AvgIpc) is 2.44. The van der Waals surface area contributed by atoms with Crippen LogP contribution in [0, 0.1) is 5.92 Å². The van der Waals surface area contributed by atoms with E-state index in [4.69, 9.17) is 0 Å². The highest BCUT2D eigenvalue weighted by Gasteiger charge is 2.26. The van der Waals surface area contributed by atoms with E-state index in [2.05, 4.69) is 44.8 Å². The number of nitrogens with one attached hydrogen (secondary N) is 1. The van der Waals surface area contributed by atoms with Gasteiger partial charge in [0.25, 0.3) is 0 Å². The van der Waals surface area contributed by atoms with Crippen LogP contribution in [0.2, 0.25) is 0 Å². The van der Waals surface area contributed by atoms with Crippen molar-refractivity contribution in [2.24, 2.45) is 5.92 Å². The largest absolute Gasteiger partial charge is 0.313 e. The number of hydrogen-bond donors (Lipinski definition) is 1.